The molecule has 108 valence electrons. The molecule has 0 aromatic heterocycles. The van der Waals surface area contributed by atoms with E-state index in [9.17, 15) is 22.4 Å². The zero-order chi connectivity index (χ0) is 15.3. The third kappa shape index (κ3) is 5.24. The van der Waals surface area contributed by atoms with Crippen molar-refractivity contribution >= 4 is 5.97 Å². The molecule has 0 saturated carbocycles. The van der Waals surface area contributed by atoms with Gasteiger partial charge in [0.25, 0.3) is 0 Å². The lowest BCUT2D eigenvalue weighted by atomic mass is 10.1. The minimum atomic E-state index is -4.55. The second kappa shape index (κ2) is 6.34. The second-order valence-electron chi connectivity index (χ2n) is 4.08. The van der Waals surface area contributed by atoms with Crippen LogP contribution in [0.1, 0.15) is 11.1 Å². The number of hydrogen-bond donors (Lipinski definition) is 1. The number of nitrogens with zero attached hydrogens (tertiary/aromatic N) is 2. The third-order valence-electron chi connectivity index (χ3n) is 2.32. The number of aliphatic carboxylic acids is 1. The summed E-state index contributed by atoms with van der Waals surface area (Å²) in [5, 5.41) is 17.2. The van der Waals surface area contributed by atoms with Gasteiger partial charge in [0.1, 0.15) is 11.9 Å². The molecule has 20 heavy (non-hydrogen) atoms. The molecule has 0 aliphatic rings. The summed E-state index contributed by atoms with van der Waals surface area (Å²) < 4.78 is 50.0. The van der Waals surface area contributed by atoms with E-state index >= 15 is 0 Å². The van der Waals surface area contributed by atoms with Crippen molar-refractivity contribution in [3.8, 4) is 6.07 Å². The standard InChI is InChI=1S/C12H10F4N2O2/c13-10-2-1-8(3-9(10)4-17)5-18(6-11(19)20)7-12(14,15)16/h1-3H,5-7H2,(H,19,20). The van der Waals surface area contributed by atoms with Crippen molar-refractivity contribution in [2.24, 2.45) is 0 Å². The van der Waals surface area contributed by atoms with Crippen LogP contribution in [-0.4, -0.2) is 35.2 Å². The van der Waals surface area contributed by atoms with Gasteiger partial charge in [0, 0.05) is 6.54 Å². The maximum atomic E-state index is 13.1. The van der Waals surface area contributed by atoms with Crippen molar-refractivity contribution in [2.75, 3.05) is 13.1 Å². The Kier molecular flexibility index (Phi) is 5.05. The zero-order valence-corrected chi connectivity index (χ0v) is 10.1. The number of hydrogen-bond acceptors (Lipinski definition) is 3. The lowest BCUT2D eigenvalue weighted by Gasteiger charge is -2.21. The highest BCUT2D eigenvalue weighted by Gasteiger charge is 2.31. The second-order valence-corrected chi connectivity index (χ2v) is 4.08. The Hall–Kier alpha value is -2.14. The summed E-state index contributed by atoms with van der Waals surface area (Å²) in [7, 11) is 0. The van der Waals surface area contributed by atoms with E-state index in [1.54, 1.807) is 6.07 Å². The normalized spacial score (nSPS) is 11.4. The maximum absolute atomic E-state index is 13.1. The van der Waals surface area contributed by atoms with Gasteiger partial charge in [0.05, 0.1) is 18.7 Å². The minimum absolute atomic E-state index is 0.230. The first kappa shape index (κ1) is 15.9. The van der Waals surface area contributed by atoms with Gasteiger partial charge in [-0.3, -0.25) is 9.69 Å². The molecule has 1 rings (SSSR count). The van der Waals surface area contributed by atoms with E-state index in [0.717, 1.165) is 12.1 Å². The van der Waals surface area contributed by atoms with Crippen LogP contribution in [0.15, 0.2) is 18.2 Å². The Morgan fingerprint density at radius 2 is 2.05 bits per heavy atom. The molecule has 0 heterocycles. The van der Waals surface area contributed by atoms with Gasteiger partial charge in [-0.05, 0) is 17.7 Å². The predicted octanol–water partition coefficient (Wildman–Crippen LogP) is 2.15. The number of carboxylic acids is 1. The largest absolute Gasteiger partial charge is 0.480 e. The Balaban J connectivity index is 2.89. The van der Waals surface area contributed by atoms with Gasteiger partial charge < -0.3 is 5.11 Å². The van der Waals surface area contributed by atoms with Crippen LogP contribution >= 0.6 is 0 Å². The molecule has 0 unspecified atom stereocenters. The van der Waals surface area contributed by atoms with E-state index in [4.69, 9.17) is 10.4 Å². The summed E-state index contributed by atoms with van der Waals surface area (Å²) in [4.78, 5) is 11.2. The van der Waals surface area contributed by atoms with Gasteiger partial charge in [-0.15, -0.1) is 0 Å². The zero-order valence-electron chi connectivity index (χ0n) is 10.1. The van der Waals surface area contributed by atoms with Crippen LogP contribution < -0.4 is 0 Å². The van der Waals surface area contributed by atoms with Crippen molar-refractivity contribution in [3.05, 3.63) is 35.1 Å². The Bertz CT molecular complexity index is 537. The highest BCUT2D eigenvalue weighted by atomic mass is 19.4. The summed E-state index contributed by atoms with van der Waals surface area (Å²) in [6.45, 7) is -2.56. The van der Waals surface area contributed by atoms with E-state index in [1.807, 2.05) is 0 Å². The van der Waals surface area contributed by atoms with Crippen molar-refractivity contribution < 1.29 is 27.5 Å². The number of halogens is 4. The van der Waals surface area contributed by atoms with Crippen molar-refractivity contribution in [2.45, 2.75) is 12.7 Å². The molecule has 0 saturated heterocycles. The topological polar surface area (TPSA) is 64.3 Å². The SMILES string of the molecule is N#Cc1cc(CN(CC(=O)O)CC(F)(F)F)ccc1F. The number of benzene rings is 1. The molecule has 0 radical (unpaired) electrons. The first-order valence-electron chi connectivity index (χ1n) is 5.40. The van der Waals surface area contributed by atoms with Crippen LogP contribution in [0.5, 0.6) is 0 Å². The molecule has 0 amide bonds. The first-order chi connectivity index (χ1) is 9.21. The van der Waals surface area contributed by atoms with E-state index in [0.29, 0.717) is 4.90 Å². The molecule has 0 fully saturated rings. The smallest absolute Gasteiger partial charge is 0.401 e. The fraction of sp³-hybridized carbons (Fsp3) is 0.333. The summed E-state index contributed by atoms with van der Waals surface area (Å²) in [6, 6.07) is 4.83. The van der Waals surface area contributed by atoms with Gasteiger partial charge in [0.2, 0.25) is 0 Å². The minimum Gasteiger partial charge on any atom is -0.480 e. The molecule has 1 N–H and O–H groups in total. The van der Waals surface area contributed by atoms with Crippen LogP contribution in [0.25, 0.3) is 0 Å². The van der Waals surface area contributed by atoms with Crippen molar-refractivity contribution in [3.63, 3.8) is 0 Å². The summed E-state index contributed by atoms with van der Waals surface area (Å²) in [5.74, 6) is -2.19. The highest BCUT2D eigenvalue weighted by Crippen LogP contribution is 2.19. The van der Waals surface area contributed by atoms with E-state index < -0.39 is 31.1 Å². The van der Waals surface area contributed by atoms with Crippen molar-refractivity contribution in [1.29, 1.82) is 5.26 Å². The quantitative estimate of drug-likeness (QED) is 0.844. The predicted molar refractivity (Wildman–Crippen MR) is 60.1 cm³/mol. The van der Waals surface area contributed by atoms with Gasteiger partial charge >= 0.3 is 12.1 Å². The molecular weight excluding hydrogens is 280 g/mol. The van der Waals surface area contributed by atoms with E-state index in [2.05, 4.69) is 0 Å². The van der Waals surface area contributed by atoms with Crippen LogP contribution in [0.2, 0.25) is 0 Å². The number of carbonyl (C=O) groups is 1. The highest BCUT2D eigenvalue weighted by molar-refractivity contribution is 5.69. The molecule has 0 spiro atoms. The lowest BCUT2D eigenvalue weighted by Crippen LogP contribution is -2.37. The fourth-order valence-corrected chi connectivity index (χ4v) is 1.63. The summed E-state index contributed by atoms with van der Waals surface area (Å²) >= 11 is 0. The van der Waals surface area contributed by atoms with E-state index in [1.165, 1.54) is 6.07 Å². The molecule has 0 aliphatic carbocycles. The third-order valence-corrected chi connectivity index (χ3v) is 2.32. The molecular formula is C12H10F4N2O2. The van der Waals surface area contributed by atoms with Gasteiger partial charge in [-0.25, -0.2) is 4.39 Å². The molecule has 0 aliphatic heterocycles. The maximum Gasteiger partial charge on any atom is 0.401 e. The molecule has 1 aromatic rings. The molecule has 0 bridgehead atoms. The average molecular weight is 290 g/mol. The first-order valence-corrected chi connectivity index (χ1v) is 5.40. The van der Waals surface area contributed by atoms with Gasteiger partial charge in [0.15, 0.2) is 0 Å². The van der Waals surface area contributed by atoms with Gasteiger partial charge in [-0.1, -0.05) is 6.07 Å². The van der Waals surface area contributed by atoms with Crippen LogP contribution in [0, 0.1) is 17.1 Å². The number of alkyl halides is 3. The Morgan fingerprint density at radius 1 is 1.40 bits per heavy atom. The number of nitriles is 1. The number of rotatable bonds is 5. The lowest BCUT2D eigenvalue weighted by molar-refractivity contribution is -0.154. The van der Waals surface area contributed by atoms with Gasteiger partial charge in [-0.2, -0.15) is 18.4 Å². The average Bonchev–Trinajstić information content (AvgIpc) is 2.28. The Morgan fingerprint density at radius 3 is 2.55 bits per heavy atom. The fourth-order valence-electron chi connectivity index (χ4n) is 1.63. The van der Waals surface area contributed by atoms with Crippen LogP contribution in [-0.2, 0) is 11.3 Å². The summed E-state index contributed by atoms with van der Waals surface area (Å²) in [5.41, 5.74) is -0.0711. The van der Waals surface area contributed by atoms with Crippen LogP contribution in [0.4, 0.5) is 17.6 Å². The molecule has 0 atom stereocenters. The van der Waals surface area contributed by atoms with E-state index in [-0.39, 0.29) is 17.7 Å². The molecule has 1 aromatic carbocycles. The van der Waals surface area contributed by atoms with Crippen LogP contribution in [0.3, 0.4) is 0 Å². The Labute approximate surface area is 111 Å². The van der Waals surface area contributed by atoms with Crippen molar-refractivity contribution in [1.82, 2.24) is 4.90 Å². The monoisotopic (exact) mass is 290 g/mol. The molecule has 8 heteroatoms. The molecule has 4 nitrogen and oxygen atoms in total. The number of carboxylic acid groups (broad SMARTS) is 1. The summed E-state index contributed by atoms with van der Waals surface area (Å²) in [6.07, 6.45) is -4.55.